The van der Waals surface area contributed by atoms with Crippen molar-refractivity contribution in [2.75, 3.05) is 25.6 Å². The maximum absolute atomic E-state index is 11.6. The molecule has 0 fully saturated rings. The Hall–Kier alpha value is -1.73. The van der Waals surface area contributed by atoms with E-state index in [2.05, 4.69) is 15.4 Å². The highest BCUT2D eigenvalue weighted by Gasteiger charge is 2.13. The van der Waals surface area contributed by atoms with E-state index in [9.17, 15) is 9.90 Å². The Bertz CT molecular complexity index is 437. The van der Waals surface area contributed by atoms with Gasteiger partial charge in [-0.25, -0.2) is 19.8 Å². The van der Waals surface area contributed by atoms with E-state index in [4.69, 9.17) is 4.74 Å². The van der Waals surface area contributed by atoms with Crippen molar-refractivity contribution in [3.05, 3.63) is 17.5 Å². The molecule has 0 aliphatic rings. The highest BCUT2D eigenvalue weighted by molar-refractivity contribution is 5.90. The Labute approximate surface area is 112 Å². The first-order valence-electron chi connectivity index (χ1n) is 6.10. The summed E-state index contributed by atoms with van der Waals surface area (Å²) < 4.78 is 4.90. The SMILES string of the molecule is CCOC(=O)c1cnc(NN(C)CC(C)O)nc1C. The molecule has 7 nitrogen and oxygen atoms in total. The summed E-state index contributed by atoms with van der Waals surface area (Å²) in [5, 5.41) is 10.9. The summed E-state index contributed by atoms with van der Waals surface area (Å²) >= 11 is 0. The second-order valence-corrected chi connectivity index (χ2v) is 4.25. The van der Waals surface area contributed by atoms with E-state index in [-0.39, 0.29) is 0 Å². The van der Waals surface area contributed by atoms with Gasteiger partial charge < -0.3 is 9.84 Å². The third-order valence-corrected chi connectivity index (χ3v) is 2.30. The predicted octanol–water partition coefficient (Wildman–Crippen LogP) is 0.601. The van der Waals surface area contributed by atoms with Gasteiger partial charge in [0.05, 0.1) is 24.0 Å². The van der Waals surface area contributed by atoms with Gasteiger partial charge in [-0.1, -0.05) is 0 Å². The van der Waals surface area contributed by atoms with Crippen molar-refractivity contribution in [1.29, 1.82) is 0 Å². The second-order valence-electron chi connectivity index (χ2n) is 4.25. The molecule has 1 aromatic rings. The lowest BCUT2D eigenvalue weighted by Gasteiger charge is -2.19. The van der Waals surface area contributed by atoms with Gasteiger partial charge in [0.15, 0.2) is 0 Å². The molecule has 2 N–H and O–H groups in total. The average Bonchev–Trinajstić information content (AvgIpc) is 2.27. The Balaban J connectivity index is 2.74. The lowest BCUT2D eigenvalue weighted by atomic mass is 10.2. The molecule has 0 radical (unpaired) electrons. The van der Waals surface area contributed by atoms with E-state index in [1.165, 1.54) is 6.20 Å². The van der Waals surface area contributed by atoms with E-state index >= 15 is 0 Å². The fourth-order valence-electron chi connectivity index (χ4n) is 1.54. The third kappa shape index (κ3) is 4.80. The van der Waals surface area contributed by atoms with Gasteiger partial charge in [0, 0.05) is 19.8 Å². The van der Waals surface area contributed by atoms with Crippen LogP contribution in [0.25, 0.3) is 0 Å². The van der Waals surface area contributed by atoms with Crippen LogP contribution >= 0.6 is 0 Å². The minimum atomic E-state index is -0.461. The normalized spacial score (nSPS) is 12.3. The molecular formula is C12H20N4O3. The Kier molecular flexibility index (Phi) is 5.65. The largest absolute Gasteiger partial charge is 0.462 e. The van der Waals surface area contributed by atoms with Crippen LogP contribution in [-0.4, -0.2) is 52.4 Å². The topological polar surface area (TPSA) is 87.6 Å². The zero-order valence-corrected chi connectivity index (χ0v) is 11.7. The van der Waals surface area contributed by atoms with Crippen molar-refractivity contribution in [2.24, 2.45) is 0 Å². The fraction of sp³-hybridized carbons (Fsp3) is 0.583. The van der Waals surface area contributed by atoms with Gasteiger partial charge in [0.25, 0.3) is 0 Å². The molecule has 0 bridgehead atoms. The number of carbonyl (C=O) groups excluding carboxylic acids is 1. The number of carbonyl (C=O) groups is 1. The van der Waals surface area contributed by atoms with E-state index in [0.29, 0.717) is 30.4 Å². The van der Waals surface area contributed by atoms with Crippen molar-refractivity contribution < 1.29 is 14.6 Å². The number of hydrogen-bond acceptors (Lipinski definition) is 7. The highest BCUT2D eigenvalue weighted by Crippen LogP contribution is 2.09. The third-order valence-electron chi connectivity index (χ3n) is 2.30. The van der Waals surface area contributed by atoms with Crippen molar-refractivity contribution in [1.82, 2.24) is 15.0 Å². The van der Waals surface area contributed by atoms with Gasteiger partial charge in [-0.05, 0) is 20.8 Å². The van der Waals surface area contributed by atoms with Gasteiger partial charge in [0.1, 0.15) is 0 Å². The Morgan fingerprint density at radius 1 is 1.63 bits per heavy atom. The maximum atomic E-state index is 11.6. The van der Waals surface area contributed by atoms with E-state index in [0.717, 1.165) is 0 Å². The number of anilines is 1. The molecule has 1 heterocycles. The molecule has 0 aliphatic heterocycles. The highest BCUT2D eigenvalue weighted by atomic mass is 16.5. The lowest BCUT2D eigenvalue weighted by molar-refractivity contribution is 0.0524. The molecule has 1 rings (SSSR count). The molecule has 0 spiro atoms. The molecule has 106 valence electrons. The molecule has 1 aromatic heterocycles. The smallest absolute Gasteiger partial charge is 0.341 e. The van der Waals surface area contributed by atoms with Crippen LogP contribution in [0.15, 0.2) is 6.20 Å². The molecule has 0 saturated carbocycles. The van der Waals surface area contributed by atoms with Crippen LogP contribution in [0.1, 0.15) is 29.9 Å². The van der Waals surface area contributed by atoms with E-state index < -0.39 is 12.1 Å². The second kappa shape index (κ2) is 7.01. The summed E-state index contributed by atoms with van der Waals surface area (Å²) in [6.07, 6.45) is 0.969. The molecule has 0 aliphatic carbocycles. The molecular weight excluding hydrogens is 248 g/mol. The Morgan fingerprint density at radius 3 is 2.84 bits per heavy atom. The van der Waals surface area contributed by atoms with Crippen LogP contribution < -0.4 is 5.43 Å². The van der Waals surface area contributed by atoms with Crippen LogP contribution in [0.3, 0.4) is 0 Å². The average molecular weight is 268 g/mol. The molecule has 0 amide bonds. The zero-order chi connectivity index (χ0) is 14.4. The molecule has 1 atom stereocenters. The number of nitrogens with zero attached hydrogens (tertiary/aromatic N) is 3. The first-order chi connectivity index (χ1) is 8.93. The number of nitrogens with one attached hydrogen (secondary N) is 1. The van der Waals surface area contributed by atoms with Crippen LogP contribution in [0.5, 0.6) is 0 Å². The summed E-state index contributed by atoms with van der Waals surface area (Å²) in [5.41, 5.74) is 3.81. The number of ether oxygens (including phenoxy) is 1. The zero-order valence-electron chi connectivity index (χ0n) is 11.7. The maximum Gasteiger partial charge on any atom is 0.341 e. The van der Waals surface area contributed by atoms with Crippen molar-refractivity contribution in [3.63, 3.8) is 0 Å². The van der Waals surface area contributed by atoms with Gasteiger partial charge in [-0.3, -0.25) is 5.43 Å². The van der Waals surface area contributed by atoms with Gasteiger partial charge in [-0.2, -0.15) is 0 Å². The lowest BCUT2D eigenvalue weighted by Crippen LogP contribution is -2.33. The van der Waals surface area contributed by atoms with Crippen molar-refractivity contribution in [3.8, 4) is 0 Å². The minimum Gasteiger partial charge on any atom is -0.462 e. The minimum absolute atomic E-state index is 0.315. The van der Waals surface area contributed by atoms with Crippen LogP contribution in [0, 0.1) is 6.92 Å². The van der Waals surface area contributed by atoms with Crippen LogP contribution in [0.4, 0.5) is 5.95 Å². The number of rotatable bonds is 6. The quantitative estimate of drug-likeness (QED) is 0.577. The summed E-state index contributed by atoms with van der Waals surface area (Å²) in [5.74, 6) is -0.0578. The number of aliphatic hydroxyl groups excluding tert-OH is 1. The number of esters is 1. The van der Waals surface area contributed by atoms with E-state index in [1.807, 2.05) is 0 Å². The number of hydrogen-bond donors (Lipinski definition) is 2. The first-order valence-corrected chi connectivity index (χ1v) is 6.10. The number of likely N-dealkylation sites (N-methyl/N-ethyl adjacent to an activating group) is 1. The van der Waals surface area contributed by atoms with E-state index in [1.54, 1.807) is 32.8 Å². The molecule has 1 unspecified atom stereocenters. The van der Waals surface area contributed by atoms with Gasteiger partial charge in [0.2, 0.25) is 5.95 Å². The summed E-state index contributed by atoms with van der Waals surface area (Å²) in [6.45, 7) is 5.90. The number of aliphatic hydroxyl groups is 1. The number of aromatic nitrogens is 2. The standard InChI is InChI=1S/C12H20N4O3/c1-5-19-11(18)10-6-13-12(14-9(10)3)15-16(4)7-8(2)17/h6,8,17H,5,7H2,1-4H3,(H,13,14,15). The first kappa shape index (κ1) is 15.3. The van der Waals surface area contributed by atoms with Crippen LogP contribution in [-0.2, 0) is 4.74 Å². The number of hydrazine groups is 1. The summed E-state index contributed by atoms with van der Waals surface area (Å²) in [4.78, 5) is 19.8. The number of aryl methyl sites for hydroxylation is 1. The molecule has 19 heavy (non-hydrogen) atoms. The van der Waals surface area contributed by atoms with Crippen molar-refractivity contribution >= 4 is 11.9 Å². The summed E-state index contributed by atoms with van der Waals surface area (Å²) in [6, 6.07) is 0. The molecule has 7 heteroatoms. The fourth-order valence-corrected chi connectivity index (χ4v) is 1.54. The summed E-state index contributed by atoms with van der Waals surface area (Å²) in [7, 11) is 1.77. The monoisotopic (exact) mass is 268 g/mol. The van der Waals surface area contributed by atoms with Crippen LogP contribution in [0.2, 0.25) is 0 Å². The Morgan fingerprint density at radius 2 is 2.32 bits per heavy atom. The molecule has 0 saturated heterocycles. The van der Waals surface area contributed by atoms with Gasteiger partial charge in [-0.15, -0.1) is 0 Å². The van der Waals surface area contributed by atoms with Gasteiger partial charge >= 0.3 is 5.97 Å². The predicted molar refractivity (Wildman–Crippen MR) is 70.7 cm³/mol. The molecule has 0 aromatic carbocycles. The van der Waals surface area contributed by atoms with Crippen molar-refractivity contribution in [2.45, 2.75) is 26.9 Å².